The Morgan fingerprint density at radius 1 is 0.926 bits per heavy atom. The summed E-state index contributed by atoms with van der Waals surface area (Å²) in [7, 11) is 0.445. The molecule has 0 N–H and O–H groups in total. The molecule has 1 aliphatic carbocycles. The fraction of sp³-hybridized carbons (Fsp3) is 0.615. The molecule has 2 aromatic rings. The summed E-state index contributed by atoms with van der Waals surface area (Å²) >= 11 is 0. The van der Waals surface area contributed by atoms with Crippen molar-refractivity contribution in [1.82, 2.24) is 0 Å². The first kappa shape index (κ1) is 19.4. The molecule has 1 saturated carbocycles. The topological polar surface area (TPSA) is 0 Å². The lowest BCUT2D eigenvalue weighted by molar-refractivity contribution is 0.332. The summed E-state index contributed by atoms with van der Waals surface area (Å²) in [5, 5.41) is 3.11. The van der Waals surface area contributed by atoms with E-state index in [1.807, 2.05) is 0 Å². The fourth-order valence-electron chi connectivity index (χ4n) is 5.42. The molecule has 1 aliphatic heterocycles. The maximum Gasteiger partial charge on any atom is 0.165 e. The third-order valence-electron chi connectivity index (χ3n) is 7.24. The number of benzene rings is 2. The maximum absolute atomic E-state index is 2.55. The lowest BCUT2D eigenvalue weighted by Gasteiger charge is -2.21. The van der Waals surface area contributed by atoms with Gasteiger partial charge in [-0.05, 0) is 42.7 Å². The Kier molecular flexibility index (Phi) is 6.17. The lowest BCUT2D eigenvalue weighted by Crippen LogP contribution is -2.10. The van der Waals surface area contributed by atoms with Crippen molar-refractivity contribution in [3.8, 4) is 0 Å². The number of fused-ring (bicyclic) bond motifs is 1. The second-order valence-corrected chi connectivity index (χ2v) is 11.5. The van der Waals surface area contributed by atoms with Crippen LogP contribution in [0.4, 0.5) is 0 Å². The van der Waals surface area contributed by atoms with Gasteiger partial charge in [0.1, 0.15) is 11.5 Å². The van der Waals surface area contributed by atoms with Crippen molar-refractivity contribution in [2.45, 2.75) is 77.0 Å². The minimum absolute atomic E-state index is 0.445. The van der Waals surface area contributed by atoms with Crippen LogP contribution >= 0.6 is 0 Å². The van der Waals surface area contributed by atoms with Crippen molar-refractivity contribution in [2.24, 2.45) is 17.8 Å². The molecule has 0 amide bonds. The minimum Gasteiger partial charge on any atom is -0.0616 e. The van der Waals surface area contributed by atoms with E-state index in [2.05, 4.69) is 51.1 Å². The molecule has 2 fully saturated rings. The molecular formula is C26H37S+. The summed E-state index contributed by atoms with van der Waals surface area (Å²) in [4.78, 5) is 1.69. The largest absolute Gasteiger partial charge is 0.165 e. The molecule has 0 nitrogen and oxygen atoms in total. The van der Waals surface area contributed by atoms with Crippen LogP contribution in [-0.2, 0) is 17.3 Å². The van der Waals surface area contributed by atoms with E-state index in [0.717, 1.165) is 17.8 Å². The first-order chi connectivity index (χ1) is 13.1. The molecular weight excluding hydrogens is 344 g/mol. The summed E-state index contributed by atoms with van der Waals surface area (Å²) in [6, 6.07) is 11.8. The van der Waals surface area contributed by atoms with E-state index in [-0.39, 0.29) is 0 Å². The monoisotopic (exact) mass is 381 g/mol. The first-order valence-electron chi connectivity index (χ1n) is 11.3. The predicted molar refractivity (Wildman–Crippen MR) is 122 cm³/mol. The van der Waals surface area contributed by atoms with Gasteiger partial charge in [-0.3, -0.25) is 0 Å². The van der Waals surface area contributed by atoms with Gasteiger partial charge < -0.3 is 0 Å². The lowest BCUT2D eigenvalue weighted by atomic mass is 9.85. The zero-order valence-electron chi connectivity index (χ0n) is 17.6. The molecule has 0 aromatic heterocycles. The highest BCUT2D eigenvalue weighted by Gasteiger charge is 2.39. The Hall–Kier alpha value is -0.950. The molecule has 146 valence electrons. The van der Waals surface area contributed by atoms with Gasteiger partial charge in [0.05, 0.1) is 0 Å². The quantitative estimate of drug-likeness (QED) is 0.476. The SMILES string of the molecule is Cc1cc(CCCC2CCCCC2)c2ccccc2c1[S+]1CC(C)C(C)C1. The molecule has 27 heavy (non-hydrogen) atoms. The van der Waals surface area contributed by atoms with Gasteiger partial charge in [-0.25, -0.2) is 0 Å². The maximum atomic E-state index is 2.55. The number of hydrogen-bond acceptors (Lipinski definition) is 0. The van der Waals surface area contributed by atoms with Gasteiger partial charge in [0, 0.05) is 33.7 Å². The van der Waals surface area contributed by atoms with Crippen LogP contribution < -0.4 is 0 Å². The van der Waals surface area contributed by atoms with E-state index >= 15 is 0 Å². The molecule has 1 saturated heterocycles. The second kappa shape index (κ2) is 8.60. The Labute approximate surface area is 169 Å². The van der Waals surface area contributed by atoms with Crippen molar-refractivity contribution in [3.05, 3.63) is 41.5 Å². The molecule has 2 aromatic carbocycles. The van der Waals surface area contributed by atoms with Crippen LogP contribution in [-0.4, -0.2) is 11.5 Å². The Balaban J connectivity index is 1.56. The summed E-state index contributed by atoms with van der Waals surface area (Å²) in [6.45, 7) is 7.29. The second-order valence-electron chi connectivity index (χ2n) is 9.40. The zero-order valence-corrected chi connectivity index (χ0v) is 18.4. The van der Waals surface area contributed by atoms with Gasteiger partial charge in [0.2, 0.25) is 0 Å². The molecule has 1 heteroatoms. The van der Waals surface area contributed by atoms with Gasteiger partial charge in [0.25, 0.3) is 0 Å². The minimum atomic E-state index is 0.445. The van der Waals surface area contributed by atoms with Crippen LogP contribution in [0.15, 0.2) is 35.2 Å². The summed E-state index contributed by atoms with van der Waals surface area (Å²) in [5.41, 5.74) is 3.16. The molecule has 2 atom stereocenters. The van der Waals surface area contributed by atoms with Crippen LogP contribution in [0.25, 0.3) is 10.8 Å². The van der Waals surface area contributed by atoms with Crippen molar-refractivity contribution in [2.75, 3.05) is 11.5 Å². The third kappa shape index (κ3) is 4.24. The van der Waals surface area contributed by atoms with Crippen molar-refractivity contribution in [1.29, 1.82) is 0 Å². The van der Waals surface area contributed by atoms with E-state index in [1.54, 1.807) is 26.8 Å². The van der Waals surface area contributed by atoms with Crippen molar-refractivity contribution in [3.63, 3.8) is 0 Å². The van der Waals surface area contributed by atoms with E-state index in [4.69, 9.17) is 0 Å². The molecule has 0 bridgehead atoms. The van der Waals surface area contributed by atoms with E-state index in [9.17, 15) is 0 Å². The van der Waals surface area contributed by atoms with Gasteiger partial charge in [-0.1, -0.05) is 76.6 Å². The molecule has 4 rings (SSSR count). The fourth-order valence-corrected chi connectivity index (χ4v) is 8.82. The van der Waals surface area contributed by atoms with Crippen LogP contribution in [0.5, 0.6) is 0 Å². The van der Waals surface area contributed by atoms with Gasteiger partial charge in [0.15, 0.2) is 4.90 Å². The highest BCUT2D eigenvalue weighted by atomic mass is 32.2. The average molecular weight is 382 g/mol. The molecule has 0 spiro atoms. The molecule has 2 aliphatic rings. The van der Waals surface area contributed by atoms with Gasteiger partial charge in [-0.2, -0.15) is 0 Å². The average Bonchev–Trinajstić information content (AvgIpc) is 3.00. The molecule has 0 radical (unpaired) electrons. The summed E-state index contributed by atoms with van der Waals surface area (Å²) in [5.74, 6) is 5.55. The van der Waals surface area contributed by atoms with E-state index < -0.39 is 0 Å². The van der Waals surface area contributed by atoms with Gasteiger partial charge in [-0.15, -0.1) is 0 Å². The van der Waals surface area contributed by atoms with E-state index in [1.165, 1.54) is 62.9 Å². The smallest absolute Gasteiger partial charge is 0.0616 e. The normalized spacial score (nSPS) is 26.7. The summed E-state index contributed by atoms with van der Waals surface area (Å²) < 4.78 is 0. The Bertz CT molecular complexity index is 761. The number of aryl methyl sites for hydroxylation is 2. The Morgan fingerprint density at radius 3 is 2.30 bits per heavy atom. The van der Waals surface area contributed by atoms with Crippen LogP contribution in [0, 0.1) is 24.7 Å². The number of rotatable bonds is 5. The van der Waals surface area contributed by atoms with Crippen LogP contribution in [0.1, 0.15) is 69.9 Å². The number of hydrogen-bond donors (Lipinski definition) is 0. The highest BCUT2D eigenvalue weighted by Crippen LogP contribution is 2.38. The van der Waals surface area contributed by atoms with E-state index in [0.29, 0.717) is 10.9 Å². The predicted octanol–water partition coefficient (Wildman–Crippen LogP) is 7.31. The van der Waals surface area contributed by atoms with Gasteiger partial charge >= 0.3 is 0 Å². The standard InChI is InChI=1S/C26H37S/c1-19-16-23(13-9-12-22-10-5-4-6-11-22)24-14-7-8-15-25(24)26(19)27-17-20(2)21(3)18-27/h7-8,14-16,20-22H,4-6,9-13,17-18H2,1-3H3/q+1. The Morgan fingerprint density at radius 2 is 1.59 bits per heavy atom. The zero-order chi connectivity index (χ0) is 18.8. The summed E-state index contributed by atoms with van der Waals surface area (Å²) in [6.07, 6.45) is 11.5. The highest BCUT2D eigenvalue weighted by molar-refractivity contribution is 7.97. The molecule has 2 unspecified atom stereocenters. The van der Waals surface area contributed by atoms with Crippen molar-refractivity contribution >= 4 is 21.7 Å². The van der Waals surface area contributed by atoms with Crippen LogP contribution in [0.3, 0.4) is 0 Å². The first-order valence-corrected chi connectivity index (χ1v) is 12.9. The van der Waals surface area contributed by atoms with Crippen LogP contribution in [0.2, 0.25) is 0 Å². The third-order valence-corrected chi connectivity index (χ3v) is 10.2. The molecule has 1 heterocycles. The van der Waals surface area contributed by atoms with Crippen molar-refractivity contribution < 1.29 is 0 Å².